The van der Waals surface area contributed by atoms with E-state index in [4.69, 9.17) is 16.7 Å². The van der Waals surface area contributed by atoms with E-state index in [0.717, 1.165) is 16.7 Å². The number of aliphatic hydroxyl groups excluding tert-OH is 1. The fourth-order valence-corrected chi connectivity index (χ4v) is 3.81. The van der Waals surface area contributed by atoms with Gasteiger partial charge in [0, 0.05) is 35.6 Å². The van der Waals surface area contributed by atoms with Crippen LogP contribution in [0, 0.1) is 0 Å². The molecule has 2 heterocycles. The third-order valence-corrected chi connectivity index (χ3v) is 5.36. The van der Waals surface area contributed by atoms with Gasteiger partial charge in [0.25, 0.3) is 0 Å². The number of hydrogen-bond acceptors (Lipinski definition) is 4. The van der Waals surface area contributed by atoms with Gasteiger partial charge in [0.2, 0.25) is 0 Å². The minimum Gasteiger partial charge on any atom is -0.465 e. The molecule has 0 radical (unpaired) electrons. The van der Waals surface area contributed by atoms with E-state index in [1.165, 1.54) is 11.8 Å². The number of H-pyrrole nitrogens is 1. The molecule has 3 rings (SSSR count). The van der Waals surface area contributed by atoms with E-state index in [-0.39, 0.29) is 13.2 Å². The molecular formula is C18H16ClN3O3S. The minimum atomic E-state index is -1.11. The molecular weight excluding hydrogens is 374 g/mol. The maximum Gasteiger partial charge on any atom is 0.404 e. The second-order valence-electron chi connectivity index (χ2n) is 5.43. The summed E-state index contributed by atoms with van der Waals surface area (Å²) in [4.78, 5) is 18.9. The van der Waals surface area contributed by atoms with Gasteiger partial charge in [-0.15, -0.1) is 0 Å². The zero-order valence-corrected chi connectivity index (χ0v) is 15.1. The summed E-state index contributed by atoms with van der Waals surface area (Å²) < 4.78 is 0. The van der Waals surface area contributed by atoms with Gasteiger partial charge in [-0.2, -0.15) is 0 Å². The van der Waals surface area contributed by atoms with E-state index < -0.39 is 6.09 Å². The van der Waals surface area contributed by atoms with Crippen molar-refractivity contribution in [3.05, 3.63) is 65.1 Å². The fourth-order valence-electron chi connectivity index (χ4n) is 2.47. The van der Waals surface area contributed by atoms with Gasteiger partial charge in [-0.05, 0) is 41.0 Å². The van der Waals surface area contributed by atoms with Gasteiger partial charge in [-0.25, -0.2) is 9.78 Å². The summed E-state index contributed by atoms with van der Waals surface area (Å²) in [5, 5.41) is 22.0. The first-order valence-corrected chi connectivity index (χ1v) is 8.93. The number of aromatic amines is 1. The molecule has 0 atom stereocenters. The van der Waals surface area contributed by atoms with E-state index in [2.05, 4.69) is 15.3 Å². The van der Waals surface area contributed by atoms with Gasteiger partial charge < -0.3 is 20.5 Å². The van der Waals surface area contributed by atoms with Gasteiger partial charge in [-0.3, -0.25) is 0 Å². The van der Waals surface area contributed by atoms with Crippen LogP contribution in [0.5, 0.6) is 0 Å². The van der Waals surface area contributed by atoms with Crippen LogP contribution in [0.1, 0.15) is 11.1 Å². The maximum atomic E-state index is 10.9. The molecule has 0 unspecified atom stereocenters. The molecule has 2 aromatic heterocycles. The molecule has 0 saturated heterocycles. The van der Waals surface area contributed by atoms with E-state index in [9.17, 15) is 9.90 Å². The fraction of sp³-hybridized carbons (Fsp3) is 0.111. The Morgan fingerprint density at radius 2 is 2.12 bits per heavy atom. The highest BCUT2D eigenvalue weighted by Crippen LogP contribution is 2.39. The summed E-state index contributed by atoms with van der Waals surface area (Å²) in [5.74, 6) is 0. The van der Waals surface area contributed by atoms with Crippen LogP contribution in [-0.2, 0) is 13.2 Å². The van der Waals surface area contributed by atoms with Crippen molar-refractivity contribution in [1.82, 2.24) is 15.3 Å². The standard InChI is InChI=1S/C18H16ClN3O3S/c19-15-7-13(11-3-5-20-8-11)6-14(9-22-18(24)25)16(15)26-17-12(10-23)2-1-4-21-17/h1-8,20,22-23H,9-10H2,(H,24,25). The van der Waals surface area contributed by atoms with Crippen molar-refractivity contribution in [2.75, 3.05) is 0 Å². The molecule has 6 nitrogen and oxygen atoms in total. The normalized spacial score (nSPS) is 10.7. The number of aliphatic hydroxyl groups is 1. The molecule has 0 aliphatic heterocycles. The Morgan fingerprint density at radius 3 is 2.81 bits per heavy atom. The van der Waals surface area contributed by atoms with E-state index in [1.807, 2.05) is 30.6 Å². The molecule has 8 heteroatoms. The molecule has 26 heavy (non-hydrogen) atoms. The number of benzene rings is 1. The van der Waals surface area contributed by atoms with Crippen molar-refractivity contribution in [1.29, 1.82) is 0 Å². The lowest BCUT2D eigenvalue weighted by atomic mass is 10.1. The molecule has 0 aliphatic rings. The van der Waals surface area contributed by atoms with Crippen LogP contribution in [0.4, 0.5) is 4.79 Å². The monoisotopic (exact) mass is 389 g/mol. The van der Waals surface area contributed by atoms with E-state index in [1.54, 1.807) is 18.3 Å². The van der Waals surface area contributed by atoms with Crippen LogP contribution in [0.3, 0.4) is 0 Å². The Balaban J connectivity index is 2.03. The number of amides is 1. The van der Waals surface area contributed by atoms with Crippen molar-refractivity contribution in [3.8, 4) is 11.1 Å². The molecule has 1 aromatic carbocycles. The Bertz CT molecular complexity index is 916. The highest BCUT2D eigenvalue weighted by molar-refractivity contribution is 7.99. The van der Waals surface area contributed by atoms with E-state index >= 15 is 0 Å². The van der Waals surface area contributed by atoms with Crippen LogP contribution in [0.25, 0.3) is 11.1 Å². The number of hydrogen-bond donors (Lipinski definition) is 4. The number of nitrogens with zero attached hydrogens (tertiary/aromatic N) is 1. The van der Waals surface area contributed by atoms with Crippen LogP contribution in [0.2, 0.25) is 5.02 Å². The summed E-state index contributed by atoms with van der Waals surface area (Å²) in [5.41, 5.74) is 3.25. The third-order valence-electron chi connectivity index (χ3n) is 3.70. The second kappa shape index (κ2) is 8.27. The van der Waals surface area contributed by atoms with E-state index in [0.29, 0.717) is 20.5 Å². The van der Waals surface area contributed by atoms with Crippen molar-refractivity contribution in [3.63, 3.8) is 0 Å². The topological polar surface area (TPSA) is 98.2 Å². The lowest BCUT2D eigenvalue weighted by Gasteiger charge is -2.14. The summed E-state index contributed by atoms with van der Waals surface area (Å²) in [6.45, 7) is -0.0329. The minimum absolute atomic E-state index is 0.108. The molecule has 1 amide bonds. The Hall–Kier alpha value is -2.48. The summed E-state index contributed by atoms with van der Waals surface area (Å²) in [6, 6.07) is 9.18. The highest BCUT2D eigenvalue weighted by Gasteiger charge is 2.15. The lowest BCUT2D eigenvalue weighted by molar-refractivity contribution is 0.194. The van der Waals surface area contributed by atoms with Gasteiger partial charge in [0.1, 0.15) is 5.03 Å². The molecule has 0 spiro atoms. The van der Waals surface area contributed by atoms with Crippen molar-refractivity contribution < 1.29 is 15.0 Å². The maximum absolute atomic E-state index is 10.9. The summed E-state index contributed by atoms with van der Waals surface area (Å²) in [7, 11) is 0. The van der Waals surface area contributed by atoms with Crippen LogP contribution >= 0.6 is 23.4 Å². The van der Waals surface area contributed by atoms with Crippen LogP contribution < -0.4 is 5.32 Å². The van der Waals surface area contributed by atoms with Gasteiger partial charge in [0.05, 0.1) is 11.6 Å². The Labute approximate surface area is 159 Å². The molecule has 0 fully saturated rings. The second-order valence-corrected chi connectivity index (χ2v) is 6.84. The summed E-state index contributed by atoms with van der Waals surface area (Å²) >= 11 is 7.82. The number of nitrogens with one attached hydrogen (secondary N) is 2. The zero-order chi connectivity index (χ0) is 18.5. The smallest absolute Gasteiger partial charge is 0.404 e. The molecule has 4 N–H and O–H groups in total. The van der Waals surface area contributed by atoms with Crippen molar-refractivity contribution in [2.24, 2.45) is 0 Å². The van der Waals surface area contributed by atoms with Gasteiger partial charge in [0.15, 0.2) is 0 Å². The Morgan fingerprint density at radius 1 is 1.27 bits per heavy atom. The number of pyridine rings is 1. The molecule has 134 valence electrons. The van der Waals surface area contributed by atoms with Crippen LogP contribution in [0.15, 0.2) is 58.8 Å². The predicted molar refractivity (Wildman–Crippen MR) is 100 cm³/mol. The number of carboxylic acid groups (broad SMARTS) is 1. The average Bonchev–Trinajstić information content (AvgIpc) is 3.17. The largest absolute Gasteiger partial charge is 0.465 e. The van der Waals surface area contributed by atoms with Gasteiger partial charge >= 0.3 is 6.09 Å². The Kier molecular flexibility index (Phi) is 5.82. The predicted octanol–water partition coefficient (Wildman–Crippen LogP) is 4.14. The highest BCUT2D eigenvalue weighted by atomic mass is 35.5. The third kappa shape index (κ3) is 4.19. The van der Waals surface area contributed by atoms with Gasteiger partial charge in [-0.1, -0.05) is 29.4 Å². The number of halogens is 1. The number of carbonyl (C=O) groups is 1. The first-order valence-electron chi connectivity index (χ1n) is 7.73. The lowest BCUT2D eigenvalue weighted by Crippen LogP contribution is -2.20. The molecule has 0 saturated carbocycles. The molecule has 0 aliphatic carbocycles. The summed E-state index contributed by atoms with van der Waals surface area (Å²) in [6.07, 6.45) is 4.18. The van der Waals surface area contributed by atoms with Crippen molar-refractivity contribution >= 4 is 29.5 Å². The average molecular weight is 390 g/mol. The van der Waals surface area contributed by atoms with Crippen molar-refractivity contribution in [2.45, 2.75) is 23.1 Å². The quantitative estimate of drug-likeness (QED) is 0.508. The molecule has 3 aromatic rings. The SMILES string of the molecule is O=C(O)NCc1cc(-c2cc[nH]c2)cc(Cl)c1Sc1ncccc1CO. The van der Waals surface area contributed by atoms with Crippen LogP contribution in [-0.4, -0.2) is 26.3 Å². The molecule has 0 bridgehead atoms. The first-order chi connectivity index (χ1) is 12.6. The number of rotatable bonds is 6. The zero-order valence-electron chi connectivity index (χ0n) is 13.6. The number of aromatic nitrogens is 2. The first kappa shape index (κ1) is 18.3.